The number of benzene rings is 1. The highest BCUT2D eigenvalue weighted by molar-refractivity contribution is 6.31. The summed E-state index contributed by atoms with van der Waals surface area (Å²) in [6, 6.07) is 5.58. The molecule has 0 saturated heterocycles. The molecular formula is C13H19ClF2N2. The highest BCUT2D eigenvalue weighted by atomic mass is 35.5. The first kappa shape index (κ1) is 15.2. The number of nitrogens with zero attached hydrogens (tertiary/aromatic N) is 1. The van der Waals surface area contributed by atoms with Crippen molar-refractivity contribution in [3.05, 3.63) is 28.8 Å². The van der Waals surface area contributed by atoms with Crippen LogP contribution in [0.15, 0.2) is 18.2 Å². The predicted molar refractivity (Wildman–Crippen MR) is 72.8 cm³/mol. The van der Waals surface area contributed by atoms with Gasteiger partial charge < -0.3 is 10.2 Å². The van der Waals surface area contributed by atoms with Crippen molar-refractivity contribution in [1.29, 1.82) is 0 Å². The number of nitrogens with one attached hydrogen (secondary N) is 1. The van der Waals surface area contributed by atoms with Crippen molar-refractivity contribution in [3.63, 3.8) is 0 Å². The molecular weight excluding hydrogens is 258 g/mol. The van der Waals surface area contributed by atoms with E-state index in [-0.39, 0.29) is 12.6 Å². The molecule has 1 atom stereocenters. The molecule has 1 rings (SSSR count). The molecule has 0 spiro atoms. The minimum absolute atomic E-state index is 0.150. The van der Waals surface area contributed by atoms with Gasteiger partial charge in [-0.2, -0.15) is 0 Å². The average Bonchev–Trinajstić information content (AvgIpc) is 2.28. The molecule has 0 heterocycles. The van der Waals surface area contributed by atoms with Crippen molar-refractivity contribution in [1.82, 2.24) is 5.32 Å². The van der Waals surface area contributed by atoms with Crippen LogP contribution in [0, 0.1) is 0 Å². The van der Waals surface area contributed by atoms with E-state index in [1.165, 1.54) is 4.90 Å². The van der Waals surface area contributed by atoms with Gasteiger partial charge in [0.25, 0.3) is 6.43 Å². The van der Waals surface area contributed by atoms with E-state index in [9.17, 15) is 8.78 Å². The number of hydrogen-bond acceptors (Lipinski definition) is 2. The molecule has 5 heteroatoms. The normalized spacial score (nSPS) is 12.8. The standard InChI is InChI=1S/C13H19ClF2N2/c1-4-17-9(2)11-6-5-10(7-12(11)14)18(3)8-13(15)16/h5-7,9,13,17H,4,8H2,1-3H3. The first-order chi connectivity index (χ1) is 8.45. The van der Waals surface area contributed by atoms with Crippen molar-refractivity contribution < 1.29 is 8.78 Å². The Morgan fingerprint density at radius 2 is 2.06 bits per heavy atom. The van der Waals surface area contributed by atoms with Crippen LogP contribution in [0.1, 0.15) is 25.5 Å². The van der Waals surface area contributed by atoms with Crippen LogP contribution >= 0.6 is 11.6 Å². The van der Waals surface area contributed by atoms with E-state index in [0.717, 1.165) is 12.1 Å². The number of rotatable bonds is 6. The maximum Gasteiger partial charge on any atom is 0.255 e. The lowest BCUT2D eigenvalue weighted by Gasteiger charge is -2.21. The third-order valence-electron chi connectivity index (χ3n) is 2.81. The number of hydrogen-bond donors (Lipinski definition) is 1. The van der Waals surface area contributed by atoms with Gasteiger partial charge >= 0.3 is 0 Å². The molecule has 18 heavy (non-hydrogen) atoms. The van der Waals surface area contributed by atoms with E-state index in [0.29, 0.717) is 10.7 Å². The van der Waals surface area contributed by atoms with Crippen LogP contribution in [0.5, 0.6) is 0 Å². The molecule has 0 bridgehead atoms. The van der Waals surface area contributed by atoms with Gasteiger partial charge in [-0.1, -0.05) is 24.6 Å². The molecule has 1 unspecified atom stereocenters. The van der Waals surface area contributed by atoms with Gasteiger partial charge in [0.2, 0.25) is 0 Å². The van der Waals surface area contributed by atoms with Crippen LogP contribution in [0.2, 0.25) is 5.02 Å². The second kappa shape index (κ2) is 6.90. The third-order valence-corrected chi connectivity index (χ3v) is 3.14. The minimum atomic E-state index is -2.35. The summed E-state index contributed by atoms with van der Waals surface area (Å²) in [6.07, 6.45) is -2.35. The molecule has 0 radical (unpaired) electrons. The highest BCUT2D eigenvalue weighted by Crippen LogP contribution is 2.27. The maximum atomic E-state index is 12.3. The highest BCUT2D eigenvalue weighted by Gasteiger charge is 2.12. The Kier molecular flexibility index (Phi) is 5.82. The second-order valence-corrected chi connectivity index (χ2v) is 4.66. The molecule has 1 N–H and O–H groups in total. The fraction of sp³-hybridized carbons (Fsp3) is 0.538. The predicted octanol–water partition coefficient (Wildman–Crippen LogP) is 3.71. The van der Waals surface area contributed by atoms with E-state index in [1.54, 1.807) is 13.1 Å². The Hall–Kier alpha value is -0.870. The van der Waals surface area contributed by atoms with E-state index in [2.05, 4.69) is 5.32 Å². The maximum absolute atomic E-state index is 12.3. The van der Waals surface area contributed by atoms with Gasteiger partial charge in [0.05, 0.1) is 6.54 Å². The zero-order valence-corrected chi connectivity index (χ0v) is 11.6. The Balaban J connectivity index is 2.85. The van der Waals surface area contributed by atoms with E-state index in [1.807, 2.05) is 26.0 Å². The molecule has 102 valence electrons. The summed E-state index contributed by atoms with van der Waals surface area (Å²) < 4.78 is 24.6. The quantitative estimate of drug-likeness (QED) is 0.852. The van der Waals surface area contributed by atoms with Crippen LogP contribution in [0.4, 0.5) is 14.5 Å². The summed E-state index contributed by atoms with van der Waals surface area (Å²) in [5, 5.41) is 3.86. The second-order valence-electron chi connectivity index (χ2n) is 4.26. The van der Waals surface area contributed by atoms with Crippen LogP contribution in [-0.2, 0) is 0 Å². The van der Waals surface area contributed by atoms with Crippen LogP contribution in [-0.4, -0.2) is 26.6 Å². The Bertz CT molecular complexity index is 385. The zero-order valence-electron chi connectivity index (χ0n) is 10.9. The first-order valence-electron chi connectivity index (χ1n) is 5.97. The summed E-state index contributed by atoms with van der Waals surface area (Å²) in [5.41, 5.74) is 1.68. The molecule has 1 aromatic rings. The van der Waals surface area contributed by atoms with Gasteiger partial charge in [-0.15, -0.1) is 0 Å². The summed E-state index contributed by atoms with van der Waals surface area (Å²) in [5.74, 6) is 0. The first-order valence-corrected chi connectivity index (χ1v) is 6.35. The molecule has 1 aromatic carbocycles. The SMILES string of the molecule is CCNC(C)c1ccc(N(C)CC(F)F)cc1Cl. The summed E-state index contributed by atoms with van der Waals surface area (Å²) in [7, 11) is 1.63. The minimum Gasteiger partial charge on any atom is -0.369 e. The van der Waals surface area contributed by atoms with Crippen LogP contribution in [0.3, 0.4) is 0 Å². The monoisotopic (exact) mass is 276 g/mol. The van der Waals surface area contributed by atoms with Crippen molar-refractivity contribution in [2.24, 2.45) is 0 Å². The lowest BCUT2D eigenvalue weighted by atomic mass is 10.1. The number of alkyl halides is 2. The topological polar surface area (TPSA) is 15.3 Å². The molecule has 0 aliphatic heterocycles. The fourth-order valence-electron chi connectivity index (χ4n) is 1.83. The molecule has 2 nitrogen and oxygen atoms in total. The molecule has 0 amide bonds. The zero-order chi connectivity index (χ0) is 13.7. The van der Waals surface area contributed by atoms with Gasteiger partial charge in [0.15, 0.2) is 0 Å². The Labute approximate surface area is 112 Å². The van der Waals surface area contributed by atoms with Crippen LogP contribution in [0.25, 0.3) is 0 Å². The van der Waals surface area contributed by atoms with Crippen molar-refractivity contribution in [3.8, 4) is 0 Å². The van der Waals surface area contributed by atoms with Crippen molar-refractivity contribution >= 4 is 17.3 Å². The van der Waals surface area contributed by atoms with E-state index in [4.69, 9.17) is 11.6 Å². The van der Waals surface area contributed by atoms with Crippen molar-refractivity contribution in [2.45, 2.75) is 26.3 Å². The summed E-state index contributed by atoms with van der Waals surface area (Å²) in [4.78, 5) is 1.50. The summed E-state index contributed by atoms with van der Waals surface area (Å²) in [6.45, 7) is 4.60. The van der Waals surface area contributed by atoms with Gasteiger partial charge in [0.1, 0.15) is 0 Å². The number of anilines is 1. The Morgan fingerprint density at radius 1 is 1.39 bits per heavy atom. The molecule has 0 aromatic heterocycles. The lowest BCUT2D eigenvalue weighted by Crippen LogP contribution is -2.24. The molecule has 0 aliphatic rings. The fourth-order valence-corrected chi connectivity index (χ4v) is 2.17. The van der Waals surface area contributed by atoms with Gasteiger partial charge in [-0.3, -0.25) is 0 Å². The molecule has 0 fully saturated rings. The summed E-state index contributed by atoms with van der Waals surface area (Å²) >= 11 is 6.19. The average molecular weight is 277 g/mol. The van der Waals surface area contributed by atoms with Gasteiger partial charge in [0, 0.05) is 23.8 Å². The Morgan fingerprint density at radius 3 is 2.56 bits per heavy atom. The van der Waals surface area contributed by atoms with E-state index >= 15 is 0 Å². The lowest BCUT2D eigenvalue weighted by molar-refractivity contribution is 0.156. The van der Waals surface area contributed by atoms with Gasteiger partial charge in [-0.25, -0.2) is 8.78 Å². The smallest absolute Gasteiger partial charge is 0.255 e. The van der Waals surface area contributed by atoms with Gasteiger partial charge in [-0.05, 0) is 31.2 Å². The molecule has 0 aliphatic carbocycles. The number of halogens is 3. The van der Waals surface area contributed by atoms with Crippen molar-refractivity contribution in [2.75, 3.05) is 25.0 Å². The van der Waals surface area contributed by atoms with E-state index < -0.39 is 6.43 Å². The third kappa shape index (κ3) is 4.10. The van der Waals surface area contributed by atoms with Crippen LogP contribution < -0.4 is 10.2 Å². The molecule has 0 saturated carbocycles. The largest absolute Gasteiger partial charge is 0.369 e.